The standard InChI is InChI=1S/C21H23N3O2S2/c1-4-11-24-20(26)19-17(10-12-27-19)22-21(24)28-14-18(25)23(3)13-16-8-6-15(5-2)7-9-16/h4,6-10,12H,1,5,11,13-14H2,2-3H3. The second-order valence-corrected chi connectivity index (χ2v) is 8.30. The molecule has 0 aliphatic carbocycles. The molecule has 0 fully saturated rings. The number of carbonyl (C=O) groups is 1. The first-order valence-electron chi connectivity index (χ1n) is 9.07. The van der Waals surface area contributed by atoms with Gasteiger partial charge in [0.15, 0.2) is 5.16 Å². The van der Waals surface area contributed by atoms with E-state index < -0.39 is 0 Å². The van der Waals surface area contributed by atoms with Crippen LogP contribution in [0.3, 0.4) is 0 Å². The predicted molar refractivity (Wildman–Crippen MR) is 117 cm³/mol. The smallest absolute Gasteiger partial charge is 0.272 e. The number of thioether (sulfide) groups is 1. The van der Waals surface area contributed by atoms with Crippen LogP contribution in [0, 0.1) is 0 Å². The summed E-state index contributed by atoms with van der Waals surface area (Å²) in [5.74, 6) is 0.220. The Morgan fingerprint density at radius 2 is 2.00 bits per heavy atom. The highest BCUT2D eigenvalue weighted by Gasteiger charge is 2.15. The van der Waals surface area contributed by atoms with Gasteiger partial charge in [-0.15, -0.1) is 17.9 Å². The van der Waals surface area contributed by atoms with Crippen molar-refractivity contribution in [3.05, 3.63) is 69.8 Å². The summed E-state index contributed by atoms with van der Waals surface area (Å²) >= 11 is 2.67. The zero-order valence-electron chi connectivity index (χ0n) is 16.1. The number of rotatable bonds is 8. The van der Waals surface area contributed by atoms with Crippen molar-refractivity contribution in [2.45, 2.75) is 31.6 Å². The van der Waals surface area contributed by atoms with Crippen LogP contribution in [0.1, 0.15) is 18.1 Å². The average Bonchev–Trinajstić information content (AvgIpc) is 3.18. The van der Waals surface area contributed by atoms with Gasteiger partial charge in [0, 0.05) is 20.1 Å². The Kier molecular flexibility index (Phi) is 6.70. The molecule has 0 atom stereocenters. The second kappa shape index (κ2) is 9.21. The predicted octanol–water partition coefficient (Wildman–Crippen LogP) is 3.96. The van der Waals surface area contributed by atoms with Gasteiger partial charge in [-0.05, 0) is 29.0 Å². The van der Waals surface area contributed by atoms with Crippen molar-refractivity contribution < 1.29 is 4.79 Å². The van der Waals surface area contributed by atoms with Crippen LogP contribution in [0.25, 0.3) is 10.2 Å². The van der Waals surface area contributed by atoms with Gasteiger partial charge < -0.3 is 4.90 Å². The lowest BCUT2D eigenvalue weighted by Gasteiger charge is -2.18. The molecule has 0 saturated carbocycles. The molecule has 5 nitrogen and oxygen atoms in total. The highest BCUT2D eigenvalue weighted by Crippen LogP contribution is 2.21. The number of fused-ring (bicyclic) bond motifs is 1. The van der Waals surface area contributed by atoms with Crippen molar-refractivity contribution >= 4 is 39.2 Å². The molecule has 146 valence electrons. The minimum atomic E-state index is -0.0841. The quantitative estimate of drug-likeness (QED) is 0.319. The summed E-state index contributed by atoms with van der Waals surface area (Å²) in [6.45, 7) is 6.77. The summed E-state index contributed by atoms with van der Waals surface area (Å²) in [5.41, 5.74) is 2.97. The van der Waals surface area contributed by atoms with Crippen LogP contribution in [0.5, 0.6) is 0 Å². The number of hydrogen-bond acceptors (Lipinski definition) is 5. The average molecular weight is 414 g/mol. The highest BCUT2D eigenvalue weighted by molar-refractivity contribution is 7.99. The van der Waals surface area contributed by atoms with Gasteiger partial charge in [-0.2, -0.15) is 0 Å². The molecule has 0 saturated heterocycles. The summed E-state index contributed by atoms with van der Waals surface area (Å²) in [6, 6.07) is 10.1. The molecule has 2 aromatic heterocycles. The van der Waals surface area contributed by atoms with Gasteiger partial charge in [-0.3, -0.25) is 14.2 Å². The number of nitrogens with zero attached hydrogens (tertiary/aromatic N) is 3. The summed E-state index contributed by atoms with van der Waals surface area (Å²) in [5, 5.41) is 2.40. The largest absolute Gasteiger partial charge is 0.341 e. The summed E-state index contributed by atoms with van der Waals surface area (Å²) in [7, 11) is 1.79. The van der Waals surface area contributed by atoms with Crippen molar-refractivity contribution in [1.29, 1.82) is 0 Å². The van der Waals surface area contributed by atoms with E-state index in [2.05, 4.69) is 42.8 Å². The maximum absolute atomic E-state index is 12.6. The van der Waals surface area contributed by atoms with E-state index in [4.69, 9.17) is 0 Å². The maximum atomic E-state index is 12.6. The van der Waals surface area contributed by atoms with Gasteiger partial charge >= 0.3 is 0 Å². The lowest BCUT2D eigenvalue weighted by Crippen LogP contribution is -2.28. The normalized spacial score (nSPS) is 10.9. The van der Waals surface area contributed by atoms with Gasteiger partial charge in [0.05, 0.1) is 11.3 Å². The van der Waals surface area contributed by atoms with Crippen molar-refractivity contribution in [3.8, 4) is 0 Å². The van der Waals surface area contributed by atoms with E-state index in [1.54, 1.807) is 22.6 Å². The SMILES string of the molecule is C=CCn1c(SCC(=O)N(C)Cc2ccc(CC)cc2)nc2ccsc2c1=O. The third-order valence-corrected chi connectivity index (χ3v) is 6.30. The van der Waals surface area contributed by atoms with Gasteiger partial charge in [-0.1, -0.05) is 49.0 Å². The lowest BCUT2D eigenvalue weighted by molar-refractivity contribution is -0.127. The van der Waals surface area contributed by atoms with E-state index in [0.717, 1.165) is 12.0 Å². The summed E-state index contributed by atoms with van der Waals surface area (Å²) in [4.78, 5) is 31.5. The van der Waals surface area contributed by atoms with Crippen LogP contribution < -0.4 is 5.56 Å². The Morgan fingerprint density at radius 3 is 2.68 bits per heavy atom. The van der Waals surface area contributed by atoms with E-state index in [0.29, 0.717) is 28.5 Å². The number of hydrogen-bond donors (Lipinski definition) is 0. The van der Waals surface area contributed by atoms with Crippen LogP contribution in [-0.2, 0) is 24.3 Å². The van der Waals surface area contributed by atoms with Crippen LogP contribution in [0.4, 0.5) is 0 Å². The lowest BCUT2D eigenvalue weighted by atomic mass is 10.1. The molecule has 3 aromatic rings. The molecule has 0 unspecified atom stereocenters. The first kappa shape index (κ1) is 20.4. The minimum Gasteiger partial charge on any atom is -0.341 e. The molecule has 0 aliphatic heterocycles. The molecule has 1 aromatic carbocycles. The molecule has 1 amide bonds. The van der Waals surface area contributed by atoms with E-state index in [1.165, 1.54) is 28.7 Å². The molecule has 0 bridgehead atoms. The van der Waals surface area contributed by atoms with Crippen molar-refractivity contribution in [2.75, 3.05) is 12.8 Å². The number of benzene rings is 1. The molecule has 0 aliphatic rings. The fourth-order valence-corrected chi connectivity index (χ4v) is 4.53. The van der Waals surface area contributed by atoms with E-state index in [1.807, 2.05) is 11.4 Å². The van der Waals surface area contributed by atoms with E-state index in [-0.39, 0.29) is 17.2 Å². The summed E-state index contributed by atoms with van der Waals surface area (Å²) < 4.78 is 2.21. The Labute approximate surface area is 172 Å². The molecular formula is C21H23N3O2S2. The number of allylic oxidation sites excluding steroid dienone is 1. The molecule has 0 radical (unpaired) electrons. The van der Waals surface area contributed by atoms with Crippen LogP contribution in [0.15, 0.2) is 58.3 Å². The Hall–Kier alpha value is -2.38. The topological polar surface area (TPSA) is 55.2 Å². The first-order valence-corrected chi connectivity index (χ1v) is 10.9. The van der Waals surface area contributed by atoms with E-state index >= 15 is 0 Å². The Bertz CT molecular complexity index is 1040. The third-order valence-electron chi connectivity index (χ3n) is 4.44. The zero-order valence-corrected chi connectivity index (χ0v) is 17.7. The maximum Gasteiger partial charge on any atom is 0.272 e. The molecule has 28 heavy (non-hydrogen) atoms. The van der Waals surface area contributed by atoms with Crippen LogP contribution in [-0.4, -0.2) is 33.2 Å². The number of aromatic nitrogens is 2. The third kappa shape index (κ3) is 4.54. The van der Waals surface area contributed by atoms with Crippen molar-refractivity contribution in [2.24, 2.45) is 0 Å². The number of carbonyl (C=O) groups excluding carboxylic acids is 1. The second-order valence-electron chi connectivity index (χ2n) is 6.44. The fraction of sp³-hybridized carbons (Fsp3) is 0.286. The van der Waals surface area contributed by atoms with Crippen LogP contribution in [0.2, 0.25) is 0 Å². The number of amides is 1. The zero-order chi connectivity index (χ0) is 20.1. The number of aryl methyl sites for hydroxylation is 1. The highest BCUT2D eigenvalue weighted by atomic mass is 32.2. The van der Waals surface area contributed by atoms with Gasteiger partial charge in [-0.25, -0.2) is 4.98 Å². The summed E-state index contributed by atoms with van der Waals surface area (Å²) in [6.07, 6.45) is 2.67. The molecule has 0 N–H and O–H groups in total. The van der Waals surface area contributed by atoms with Gasteiger partial charge in [0.2, 0.25) is 5.91 Å². The van der Waals surface area contributed by atoms with E-state index in [9.17, 15) is 9.59 Å². The monoisotopic (exact) mass is 413 g/mol. The van der Waals surface area contributed by atoms with Crippen molar-refractivity contribution in [3.63, 3.8) is 0 Å². The fourth-order valence-electron chi connectivity index (χ4n) is 2.80. The minimum absolute atomic E-state index is 0.00520. The molecule has 3 rings (SSSR count). The molecule has 7 heteroatoms. The van der Waals surface area contributed by atoms with Gasteiger partial charge in [0.1, 0.15) is 4.70 Å². The first-order chi connectivity index (χ1) is 13.5. The van der Waals surface area contributed by atoms with Gasteiger partial charge in [0.25, 0.3) is 5.56 Å². The van der Waals surface area contributed by atoms with Crippen LogP contribution >= 0.6 is 23.1 Å². The Morgan fingerprint density at radius 1 is 1.29 bits per heavy atom. The van der Waals surface area contributed by atoms with Crippen molar-refractivity contribution in [1.82, 2.24) is 14.5 Å². The molecular weight excluding hydrogens is 390 g/mol. The molecule has 2 heterocycles. The number of thiophene rings is 1. The Balaban J connectivity index is 1.70. The molecule has 0 spiro atoms.